The Morgan fingerprint density at radius 2 is 2.33 bits per heavy atom. The van der Waals surface area contributed by atoms with Gasteiger partial charge in [0, 0.05) is 11.4 Å². The molecule has 0 radical (unpaired) electrons. The molecule has 0 aliphatic heterocycles. The number of alkyl halides is 1. The van der Waals surface area contributed by atoms with Gasteiger partial charge in [-0.2, -0.15) is 0 Å². The Bertz CT molecular complexity index is 121. The van der Waals surface area contributed by atoms with Gasteiger partial charge in [0.25, 0.3) is 0 Å². The number of aliphatic carboxylic acids is 1. The van der Waals surface area contributed by atoms with Crippen molar-refractivity contribution in [3.63, 3.8) is 0 Å². The summed E-state index contributed by atoms with van der Waals surface area (Å²) < 4.78 is 0. The van der Waals surface area contributed by atoms with Crippen LogP contribution in [0, 0.1) is 0 Å². The minimum absolute atomic E-state index is 0.358. The van der Waals surface area contributed by atoms with E-state index in [0.29, 0.717) is 5.33 Å². The lowest BCUT2D eigenvalue weighted by Crippen LogP contribution is -2.03. The normalized spacial score (nSPS) is 14.0. The van der Waals surface area contributed by atoms with Gasteiger partial charge in [0.1, 0.15) is 0 Å². The minimum Gasteiger partial charge on any atom is -0.478 e. The molecular formula is C5H7BrO3. The quantitative estimate of drug-likeness (QED) is 0.505. The molecule has 0 heterocycles. The van der Waals surface area contributed by atoms with Crippen LogP contribution in [-0.2, 0) is 4.79 Å². The standard InChI is InChI=1S/C5H7BrO3/c6-3-4(7)1-2-5(8)9/h1-2,4,7H,3H2,(H,8,9)/b2-1+. The van der Waals surface area contributed by atoms with Gasteiger partial charge in [-0.25, -0.2) is 4.79 Å². The molecule has 0 aromatic rings. The molecule has 0 rings (SSSR count). The summed E-state index contributed by atoms with van der Waals surface area (Å²) in [6.07, 6.45) is 1.41. The molecule has 52 valence electrons. The first-order valence-corrected chi connectivity index (χ1v) is 3.44. The molecule has 0 spiro atoms. The van der Waals surface area contributed by atoms with E-state index in [4.69, 9.17) is 10.2 Å². The molecule has 0 saturated heterocycles. The molecule has 0 aromatic heterocycles. The van der Waals surface area contributed by atoms with E-state index < -0.39 is 12.1 Å². The van der Waals surface area contributed by atoms with Crippen molar-refractivity contribution >= 4 is 21.9 Å². The smallest absolute Gasteiger partial charge is 0.328 e. The summed E-state index contributed by atoms with van der Waals surface area (Å²) in [6.45, 7) is 0. The fraction of sp³-hybridized carbons (Fsp3) is 0.400. The zero-order chi connectivity index (χ0) is 7.28. The number of halogens is 1. The van der Waals surface area contributed by atoms with Gasteiger partial charge >= 0.3 is 5.97 Å². The van der Waals surface area contributed by atoms with Crippen molar-refractivity contribution in [2.75, 3.05) is 5.33 Å². The number of carbonyl (C=O) groups is 1. The first-order chi connectivity index (χ1) is 4.16. The van der Waals surface area contributed by atoms with E-state index in [1.54, 1.807) is 0 Å². The number of aliphatic hydroxyl groups is 1. The molecule has 0 aromatic carbocycles. The molecule has 0 amide bonds. The number of hydrogen-bond acceptors (Lipinski definition) is 2. The Balaban J connectivity index is 3.56. The Hall–Kier alpha value is -0.350. The molecule has 0 saturated carbocycles. The van der Waals surface area contributed by atoms with Gasteiger partial charge in [-0.1, -0.05) is 15.9 Å². The van der Waals surface area contributed by atoms with E-state index in [1.165, 1.54) is 6.08 Å². The van der Waals surface area contributed by atoms with E-state index in [2.05, 4.69) is 15.9 Å². The first-order valence-electron chi connectivity index (χ1n) is 2.32. The van der Waals surface area contributed by atoms with Gasteiger partial charge in [-0.05, 0) is 6.08 Å². The third kappa shape index (κ3) is 5.52. The highest BCUT2D eigenvalue weighted by Gasteiger charge is 1.94. The molecule has 0 aliphatic carbocycles. The van der Waals surface area contributed by atoms with Gasteiger partial charge in [0.2, 0.25) is 0 Å². The topological polar surface area (TPSA) is 57.5 Å². The van der Waals surface area contributed by atoms with Crippen molar-refractivity contribution in [1.29, 1.82) is 0 Å². The number of hydrogen-bond donors (Lipinski definition) is 2. The minimum atomic E-state index is -1.05. The van der Waals surface area contributed by atoms with Crippen LogP contribution in [0.4, 0.5) is 0 Å². The highest BCUT2D eigenvalue weighted by molar-refractivity contribution is 9.09. The Morgan fingerprint density at radius 1 is 1.78 bits per heavy atom. The number of aliphatic hydroxyl groups excluding tert-OH is 1. The summed E-state index contributed by atoms with van der Waals surface area (Å²) >= 11 is 2.97. The molecular weight excluding hydrogens is 188 g/mol. The Kier molecular flexibility index (Phi) is 4.35. The van der Waals surface area contributed by atoms with Gasteiger partial charge in [-0.15, -0.1) is 0 Å². The first kappa shape index (κ1) is 8.65. The highest BCUT2D eigenvalue weighted by Crippen LogP contribution is 1.90. The summed E-state index contributed by atoms with van der Waals surface area (Å²) in [7, 11) is 0. The van der Waals surface area contributed by atoms with Crippen LogP contribution in [0.3, 0.4) is 0 Å². The molecule has 2 N–H and O–H groups in total. The fourth-order valence-electron chi connectivity index (χ4n) is 0.245. The number of carboxylic acids is 1. The van der Waals surface area contributed by atoms with Crippen molar-refractivity contribution in [2.24, 2.45) is 0 Å². The van der Waals surface area contributed by atoms with E-state index in [0.717, 1.165) is 6.08 Å². The van der Waals surface area contributed by atoms with Crippen LogP contribution in [0.5, 0.6) is 0 Å². The van der Waals surface area contributed by atoms with E-state index >= 15 is 0 Å². The molecule has 9 heavy (non-hydrogen) atoms. The zero-order valence-corrected chi connectivity index (χ0v) is 6.21. The maximum atomic E-state index is 9.81. The highest BCUT2D eigenvalue weighted by atomic mass is 79.9. The Morgan fingerprint density at radius 3 is 2.67 bits per heavy atom. The average Bonchev–Trinajstić information content (AvgIpc) is 1.83. The van der Waals surface area contributed by atoms with Crippen LogP contribution in [0.1, 0.15) is 0 Å². The molecule has 1 atom stereocenters. The summed E-state index contributed by atoms with van der Waals surface area (Å²) in [6, 6.07) is 0. The van der Waals surface area contributed by atoms with Gasteiger partial charge < -0.3 is 10.2 Å². The third-order valence-electron chi connectivity index (χ3n) is 0.619. The van der Waals surface area contributed by atoms with Gasteiger partial charge in [0.05, 0.1) is 6.10 Å². The summed E-state index contributed by atoms with van der Waals surface area (Å²) in [5.74, 6) is -1.05. The van der Waals surface area contributed by atoms with Gasteiger partial charge in [-0.3, -0.25) is 0 Å². The molecule has 0 fully saturated rings. The van der Waals surface area contributed by atoms with Crippen molar-refractivity contribution in [2.45, 2.75) is 6.10 Å². The lowest BCUT2D eigenvalue weighted by Gasteiger charge is -1.94. The molecule has 4 heteroatoms. The van der Waals surface area contributed by atoms with Crippen LogP contribution in [0.25, 0.3) is 0 Å². The maximum Gasteiger partial charge on any atom is 0.328 e. The number of rotatable bonds is 3. The molecule has 0 bridgehead atoms. The Labute approximate surface area is 61.1 Å². The largest absolute Gasteiger partial charge is 0.478 e. The third-order valence-corrected chi connectivity index (χ3v) is 1.28. The summed E-state index contributed by atoms with van der Waals surface area (Å²) in [5.41, 5.74) is 0. The average molecular weight is 195 g/mol. The maximum absolute atomic E-state index is 9.81. The molecule has 0 aliphatic rings. The van der Waals surface area contributed by atoms with E-state index in [9.17, 15) is 4.79 Å². The van der Waals surface area contributed by atoms with Crippen LogP contribution < -0.4 is 0 Å². The summed E-state index contributed by atoms with van der Waals surface area (Å²) in [5, 5.41) is 17.1. The lowest BCUT2D eigenvalue weighted by molar-refractivity contribution is -0.131. The lowest BCUT2D eigenvalue weighted by atomic mass is 10.3. The van der Waals surface area contributed by atoms with Crippen molar-refractivity contribution < 1.29 is 15.0 Å². The molecule has 1 unspecified atom stereocenters. The van der Waals surface area contributed by atoms with Crippen LogP contribution in [-0.4, -0.2) is 27.6 Å². The second kappa shape index (κ2) is 4.52. The van der Waals surface area contributed by atoms with Crippen LogP contribution >= 0.6 is 15.9 Å². The van der Waals surface area contributed by atoms with E-state index in [-0.39, 0.29) is 0 Å². The number of carboxylic acid groups (broad SMARTS) is 1. The predicted octanol–water partition coefficient (Wildman–Crippen LogP) is 0.383. The van der Waals surface area contributed by atoms with Crippen molar-refractivity contribution in [3.05, 3.63) is 12.2 Å². The fourth-order valence-corrected chi connectivity index (χ4v) is 0.461. The van der Waals surface area contributed by atoms with Gasteiger partial charge in [0.15, 0.2) is 0 Å². The summed E-state index contributed by atoms with van der Waals surface area (Å²) in [4.78, 5) is 9.81. The van der Waals surface area contributed by atoms with Crippen LogP contribution in [0.2, 0.25) is 0 Å². The second-order valence-electron chi connectivity index (χ2n) is 1.42. The van der Waals surface area contributed by atoms with Crippen molar-refractivity contribution in [1.82, 2.24) is 0 Å². The second-order valence-corrected chi connectivity index (χ2v) is 2.07. The van der Waals surface area contributed by atoms with E-state index in [1.807, 2.05) is 0 Å². The van der Waals surface area contributed by atoms with Crippen molar-refractivity contribution in [3.8, 4) is 0 Å². The zero-order valence-electron chi connectivity index (χ0n) is 4.62. The monoisotopic (exact) mass is 194 g/mol. The van der Waals surface area contributed by atoms with Crippen LogP contribution in [0.15, 0.2) is 12.2 Å². The molecule has 3 nitrogen and oxygen atoms in total. The predicted molar refractivity (Wildman–Crippen MR) is 36.6 cm³/mol. The SMILES string of the molecule is O=C(O)/C=C/C(O)CBr.